The number of alkyl halides is 1. The molecule has 0 atom stereocenters. The van der Waals surface area contributed by atoms with E-state index in [1.165, 1.54) is 25.7 Å². The van der Waals surface area contributed by atoms with Gasteiger partial charge < -0.3 is 0 Å². The van der Waals surface area contributed by atoms with E-state index in [9.17, 15) is 0 Å². The van der Waals surface area contributed by atoms with Gasteiger partial charge >= 0.3 is 0 Å². The van der Waals surface area contributed by atoms with Crippen molar-refractivity contribution in [1.82, 2.24) is 19.7 Å². The van der Waals surface area contributed by atoms with Crippen molar-refractivity contribution in [3.63, 3.8) is 0 Å². The third-order valence-corrected chi connectivity index (χ3v) is 3.96. The molecule has 1 fully saturated rings. The van der Waals surface area contributed by atoms with Crippen LogP contribution >= 0.6 is 11.6 Å². The highest BCUT2D eigenvalue weighted by Crippen LogP contribution is 2.24. The molecule has 108 valence electrons. The third kappa shape index (κ3) is 4.18. The molecule has 0 spiro atoms. The molecule has 1 heterocycles. The molecule has 19 heavy (non-hydrogen) atoms. The van der Waals surface area contributed by atoms with Crippen molar-refractivity contribution in [2.45, 2.75) is 58.7 Å². The summed E-state index contributed by atoms with van der Waals surface area (Å²) in [5.41, 5.74) is 0. The van der Waals surface area contributed by atoms with Crippen LogP contribution in [0.1, 0.15) is 45.4 Å². The molecule has 1 saturated carbocycles. The van der Waals surface area contributed by atoms with Crippen LogP contribution in [0.3, 0.4) is 0 Å². The van der Waals surface area contributed by atoms with Crippen molar-refractivity contribution >= 4 is 11.6 Å². The zero-order chi connectivity index (χ0) is 13.7. The van der Waals surface area contributed by atoms with E-state index >= 15 is 0 Å². The van der Waals surface area contributed by atoms with Gasteiger partial charge in [-0.15, -0.1) is 11.6 Å². The number of halogens is 1. The highest BCUT2D eigenvalue weighted by Gasteiger charge is 2.23. The first-order valence-electron chi connectivity index (χ1n) is 7.37. The molecule has 2 rings (SSSR count). The topological polar surface area (TPSA) is 34.0 Å². The fourth-order valence-electron chi connectivity index (χ4n) is 2.86. The van der Waals surface area contributed by atoms with Gasteiger partial charge in [-0.3, -0.25) is 4.90 Å². The van der Waals surface area contributed by atoms with Gasteiger partial charge in [-0.25, -0.2) is 9.67 Å². The Morgan fingerprint density at radius 3 is 2.79 bits per heavy atom. The molecule has 1 aromatic rings. The van der Waals surface area contributed by atoms with Crippen molar-refractivity contribution < 1.29 is 0 Å². The highest BCUT2D eigenvalue weighted by atomic mass is 35.5. The Bertz CT molecular complexity index is 371. The summed E-state index contributed by atoms with van der Waals surface area (Å²) in [5, 5.41) is 4.34. The van der Waals surface area contributed by atoms with Crippen LogP contribution in [0.4, 0.5) is 0 Å². The monoisotopic (exact) mass is 284 g/mol. The Morgan fingerprint density at radius 1 is 1.42 bits per heavy atom. The van der Waals surface area contributed by atoms with E-state index in [0.29, 0.717) is 17.8 Å². The van der Waals surface area contributed by atoms with E-state index in [2.05, 4.69) is 28.8 Å². The van der Waals surface area contributed by atoms with Crippen molar-refractivity contribution in [1.29, 1.82) is 0 Å². The number of rotatable bonds is 7. The van der Waals surface area contributed by atoms with Crippen molar-refractivity contribution in [3.8, 4) is 0 Å². The maximum atomic E-state index is 5.95. The Kier molecular flexibility index (Phi) is 5.64. The van der Waals surface area contributed by atoms with Gasteiger partial charge in [0.2, 0.25) is 0 Å². The standard InChI is InChI=1S/C14H25ClN4/c1-12(2)9-19-14(16-11-17-19)10-18(8-7-15)13-5-3-4-6-13/h11-13H,3-10H2,1-2H3. The fraction of sp³-hybridized carbons (Fsp3) is 0.857. The lowest BCUT2D eigenvalue weighted by molar-refractivity contribution is 0.192. The smallest absolute Gasteiger partial charge is 0.141 e. The van der Waals surface area contributed by atoms with E-state index in [0.717, 1.165) is 25.5 Å². The summed E-state index contributed by atoms with van der Waals surface area (Å²) in [6.07, 6.45) is 6.97. The lowest BCUT2D eigenvalue weighted by atomic mass is 10.2. The van der Waals surface area contributed by atoms with Crippen LogP contribution in [-0.2, 0) is 13.1 Å². The van der Waals surface area contributed by atoms with E-state index in [-0.39, 0.29) is 0 Å². The molecule has 0 bridgehead atoms. The summed E-state index contributed by atoms with van der Waals surface area (Å²) in [5.74, 6) is 2.36. The largest absolute Gasteiger partial charge is 0.292 e. The van der Waals surface area contributed by atoms with Crippen LogP contribution in [0.25, 0.3) is 0 Å². The molecule has 0 radical (unpaired) electrons. The Hall–Kier alpha value is -0.610. The van der Waals surface area contributed by atoms with Crippen LogP contribution in [0.5, 0.6) is 0 Å². The van der Waals surface area contributed by atoms with Crippen LogP contribution in [0, 0.1) is 5.92 Å². The number of aromatic nitrogens is 3. The van der Waals surface area contributed by atoms with E-state index in [4.69, 9.17) is 11.6 Å². The molecular weight excluding hydrogens is 260 g/mol. The molecule has 0 saturated heterocycles. The zero-order valence-electron chi connectivity index (χ0n) is 12.1. The summed E-state index contributed by atoms with van der Waals surface area (Å²) in [6, 6.07) is 0.683. The second-order valence-electron chi connectivity index (χ2n) is 5.85. The van der Waals surface area contributed by atoms with Gasteiger partial charge in [0.05, 0.1) is 6.54 Å². The number of hydrogen-bond acceptors (Lipinski definition) is 3. The number of hydrogen-bond donors (Lipinski definition) is 0. The first kappa shape index (κ1) is 14.8. The Labute approximate surface area is 121 Å². The molecular formula is C14H25ClN4. The van der Waals surface area contributed by atoms with Gasteiger partial charge in [-0.2, -0.15) is 5.10 Å². The van der Waals surface area contributed by atoms with Crippen molar-refractivity contribution in [2.24, 2.45) is 5.92 Å². The summed E-state index contributed by atoms with van der Waals surface area (Å²) in [6.45, 7) is 7.18. The second kappa shape index (κ2) is 7.25. The molecule has 4 nitrogen and oxygen atoms in total. The van der Waals surface area contributed by atoms with Crippen LogP contribution in [-0.4, -0.2) is 38.1 Å². The van der Waals surface area contributed by atoms with Gasteiger partial charge in [0.25, 0.3) is 0 Å². The first-order chi connectivity index (χ1) is 9.20. The van der Waals surface area contributed by atoms with E-state index in [1.807, 2.05) is 4.68 Å². The molecule has 1 aliphatic rings. The summed E-state index contributed by atoms with van der Waals surface area (Å²) < 4.78 is 2.04. The molecule has 1 aliphatic carbocycles. The van der Waals surface area contributed by atoms with E-state index < -0.39 is 0 Å². The van der Waals surface area contributed by atoms with Gasteiger partial charge in [-0.05, 0) is 18.8 Å². The molecule has 0 unspecified atom stereocenters. The third-order valence-electron chi connectivity index (χ3n) is 3.79. The first-order valence-corrected chi connectivity index (χ1v) is 7.91. The van der Waals surface area contributed by atoms with Crippen LogP contribution < -0.4 is 0 Å². The minimum absolute atomic E-state index is 0.591. The minimum Gasteiger partial charge on any atom is -0.292 e. The summed E-state index contributed by atoms with van der Waals surface area (Å²) >= 11 is 5.95. The summed E-state index contributed by atoms with van der Waals surface area (Å²) in [4.78, 5) is 6.92. The predicted octanol–water partition coefficient (Wildman–Crippen LogP) is 2.92. The maximum absolute atomic E-state index is 5.95. The SMILES string of the molecule is CC(C)Cn1ncnc1CN(CCCl)C1CCCC1. The van der Waals surface area contributed by atoms with Crippen LogP contribution in [0.2, 0.25) is 0 Å². The quantitative estimate of drug-likeness (QED) is 0.722. The zero-order valence-corrected chi connectivity index (χ0v) is 12.8. The van der Waals surface area contributed by atoms with Crippen molar-refractivity contribution in [3.05, 3.63) is 12.2 Å². The van der Waals surface area contributed by atoms with E-state index in [1.54, 1.807) is 6.33 Å². The van der Waals surface area contributed by atoms with Crippen molar-refractivity contribution in [2.75, 3.05) is 12.4 Å². The average molecular weight is 285 g/mol. The normalized spacial score (nSPS) is 16.9. The molecule has 0 aliphatic heterocycles. The van der Waals surface area contributed by atoms with Gasteiger partial charge in [0, 0.05) is 25.0 Å². The molecule has 0 amide bonds. The van der Waals surface area contributed by atoms with Gasteiger partial charge in [-0.1, -0.05) is 26.7 Å². The molecule has 0 N–H and O–H groups in total. The molecule has 5 heteroatoms. The maximum Gasteiger partial charge on any atom is 0.141 e. The van der Waals surface area contributed by atoms with Crippen LogP contribution in [0.15, 0.2) is 6.33 Å². The van der Waals surface area contributed by atoms with Gasteiger partial charge in [0.1, 0.15) is 12.2 Å². The second-order valence-corrected chi connectivity index (χ2v) is 6.23. The minimum atomic E-state index is 0.591. The number of nitrogens with zero attached hydrogens (tertiary/aromatic N) is 4. The average Bonchev–Trinajstić information content (AvgIpc) is 3.00. The molecule has 1 aromatic heterocycles. The summed E-state index contributed by atoms with van der Waals surface area (Å²) in [7, 11) is 0. The Morgan fingerprint density at radius 2 is 2.16 bits per heavy atom. The van der Waals surface area contributed by atoms with Gasteiger partial charge in [0.15, 0.2) is 0 Å². The predicted molar refractivity (Wildman–Crippen MR) is 78.2 cm³/mol. The lowest BCUT2D eigenvalue weighted by Crippen LogP contribution is -2.35. The Balaban J connectivity index is 2.01. The lowest BCUT2D eigenvalue weighted by Gasteiger charge is -2.27. The highest BCUT2D eigenvalue weighted by molar-refractivity contribution is 6.18. The fourth-order valence-corrected chi connectivity index (χ4v) is 3.08. The molecule has 0 aromatic carbocycles.